The average Bonchev–Trinajstić information content (AvgIpc) is 2.87. The summed E-state index contributed by atoms with van der Waals surface area (Å²) in [5.41, 5.74) is 0.673. The molecule has 0 bridgehead atoms. The van der Waals surface area contributed by atoms with Crippen molar-refractivity contribution in [3.8, 4) is 11.5 Å². The second kappa shape index (κ2) is 5.02. The largest absolute Gasteiger partial charge is 0.454 e. The molecule has 3 rings (SSSR count). The van der Waals surface area contributed by atoms with E-state index in [-0.39, 0.29) is 6.79 Å². The molecule has 0 radical (unpaired) electrons. The van der Waals surface area contributed by atoms with E-state index in [9.17, 15) is 9.18 Å². The Bertz CT molecular complexity index is 690. The zero-order valence-corrected chi connectivity index (χ0v) is 10.9. The molecule has 0 saturated carbocycles. The zero-order chi connectivity index (χ0) is 14.1. The van der Waals surface area contributed by atoms with Crippen LogP contribution in [0.3, 0.4) is 0 Å². The number of ether oxygens (including phenoxy) is 2. The number of hydrogen-bond acceptors (Lipinski definition) is 3. The smallest absolute Gasteiger partial charge is 0.255 e. The van der Waals surface area contributed by atoms with Gasteiger partial charge in [0.15, 0.2) is 11.5 Å². The van der Waals surface area contributed by atoms with Crippen molar-refractivity contribution in [1.82, 2.24) is 0 Å². The van der Waals surface area contributed by atoms with Gasteiger partial charge in [0.2, 0.25) is 6.79 Å². The van der Waals surface area contributed by atoms with Gasteiger partial charge in [-0.15, -0.1) is 0 Å². The molecule has 1 aliphatic heterocycles. The third kappa shape index (κ3) is 2.40. The van der Waals surface area contributed by atoms with Crippen LogP contribution in [-0.2, 0) is 0 Å². The molecular weight excluding hydrogens is 285 g/mol. The first-order valence-electron chi connectivity index (χ1n) is 5.79. The molecule has 2 aromatic carbocycles. The Kier molecular flexibility index (Phi) is 3.20. The molecule has 0 fully saturated rings. The van der Waals surface area contributed by atoms with Crippen LogP contribution >= 0.6 is 11.6 Å². The van der Waals surface area contributed by atoms with Crippen LogP contribution in [0.2, 0.25) is 5.02 Å². The van der Waals surface area contributed by atoms with Crippen LogP contribution in [0.5, 0.6) is 11.5 Å². The summed E-state index contributed by atoms with van der Waals surface area (Å²) in [4.78, 5) is 12.1. The number of anilines is 1. The maximum absolute atomic E-state index is 13.1. The van der Waals surface area contributed by atoms with Crippen molar-refractivity contribution >= 4 is 23.2 Å². The zero-order valence-electron chi connectivity index (χ0n) is 10.2. The molecule has 1 aliphatic rings. The number of halogens is 2. The van der Waals surface area contributed by atoms with Gasteiger partial charge in [0.25, 0.3) is 5.91 Å². The van der Waals surface area contributed by atoms with E-state index in [2.05, 4.69) is 5.32 Å². The van der Waals surface area contributed by atoms with Gasteiger partial charge in [-0.25, -0.2) is 4.39 Å². The molecule has 1 amide bonds. The SMILES string of the molecule is O=C(Nc1cccc(F)c1)c1cc(Cl)c2c(c1)OCO2. The molecular formula is C14H9ClFNO3. The van der Waals surface area contributed by atoms with Crippen molar-refractivity contribution in [1.29, 1.82) is 0 Å². The van der Waals surface area contributed by atoms with E-state index < -0.39 is 11.7 Å². The fourth-order valence-corrected chi connectivity index (χ4v) is 2.13. The van der Waals surface area contributed by atoms with E-state index in [0.717, 1.165) is 0 Å². The van der Waals surface area contributed by atoms with Crippen LogP contribution in [0.15, 0.2) is 36.4 Å². The molecule has 0 aromatic heterocycles. The van der Waals surface area contributed by atoms with Gasteiger partial charge in [-0.2, -0.15) is 0 Å². The Labute approximate surface area is 119 Å². The van der Waals surface area contributed by atoms with Crippen LogP contribution in [0.1, 0.15) is 10.4 Å². The highest BCUT2D eigenvalue weighted by Gasteiger charge is 2.20. The number of carbonyl (C=O) groups is 1. The Balaban J connectivity index is 1.86. The number of benzene rings is 2. The summed E-state index contributed by atoms with van der Waals surface area (Å²) < 4.78 is 23.4. The van der Waals surface area contributed by atoms with E-state index in [1.54, 1.807) is 6.07 Å². The predicted octanol–water partition coefficient (Wildman–Crippen LogP) is 3.46. The van der Waals surface area contributed by atoms with Gasteiger partial charge in [-0.1, -0.05) is 17.7 Å². The third-order valence-corrected chi connectivity index (χ3v) is 3.05. The molecule has 4 nitrogen and oxygen atoms in total. The Morgan fingerprint density at radius 1 is 1.25 bits per heavy atom. The first-order chi connectivity index (χ1) is 9.63. The van der Waals surface area contributed by atoms with E-state index in [1.165, 1.54) is 30.3 Å². The first kappa shape index (κ1) is 12.7. The summed E-state index contributed by atoms with van der Waals surface area (Å²) in [6, 6.07) is 8.64. The fourth-order valence-electron chi connectivity index (χ4n) is 1.87. The lowest BCUT2D eigenvalue weighted by molar-refractivity contribution is 0.102. The van der Waals surface area contributed by atoms with E-state index in [0.29, 0.717) is 27.8 Å². The number of fused-ring (bicyclic) bond motifs is 1. The van der Waals surface area contributed by atoms with E-state index >= 15 is 0 Å². The van der Waals surface area contributed by atoms with Crippen molar-refractivity contribution in [2.24, 2.45) is 0 Å². The van der Waals surface area contributed by atoms with Crippen molar-refractivity contribution in [3.63, 3.8) is 0 Å². The molecule has 6 heteroatoms. The van der Waals surface area contributed by atoms with Crippen LogP contribution in [0.25, 0.3) is 0 Å². The molecule has 2 aromatic rings. The summed E-state index contributed by atoms with van der Waals surface area (Å²) in [5.74, 6) is 0.0122. The third-order valence-electron chi connectivity index (χ3n) is 2.77. The molecule has 0 saturated heterocycles. The van der Waals surface area contributed by atoms with Gasteiger partial charge in [0, 0.05) is 11.3 Å². The van der Waals surface area contributed by atoms with Gasteiger partial charge in [0.05, 0.1) is 5.02 Å². The molecule has 1 N–H and O–H groups in total. The van der Waals surface area contributed by atoms with Gasteiger partial charge < -0.3 is 14.8 Å². The minimum atomic E-state index is -0.425. The fraction of sp³-hybridized carbons (Fsp3) is 0.0714. The Morgan fingerprint density at radius 3 is 2.90 bits per heavy atom. The maximum atomic E-state index is 13.1. The number of nitrogens with one attached hydrogen (secondary N) is 1. The van der Waals surface area contributed by atoms with Gasteiger partial charge in [-0.05, 0) is 30.3 Å². The molecule has 20 heavy (non-hydrogen) atoms. The monoisotopic (exact) mass is 293 g/mol. The van der Waals surface area contributed by atoms with E-state index in [4.69, 9.17) is 21.1 Å². The summed E-state index contributed by atoms with van der Waals surface area (Å²) in [6.45, 7) is 0.0734. The normalized spacial score (nSPS) is 12.3. The van der Waals surface area contributed by atoms with Crippen molar-refractivity contribution in [2.45, 2.75) is 0 Å². The number of hydrogen-bond donors (Lipinski definition) is 1. The lowest BCUT2D eigenvalue weighted by atomic mass is 10.2. The summed E-state index contributed by atoms with van der Waals surface area (Å²) in [6.07, 6.45) is 0. The molecule has 102 valence electrons. The van der Waals surface area contributed by atoms with Crippen LogP contribution in [-0.4, -0.2) is 12.7 Å². The summed E-state index contributed by atoms with van der Waals surface area (Å²) in [7, 11) is 0. The van der Waals surface area contributed by atoms with Crippen LogP contribution in [0, 0.1) is 5.82 Å². The average molecular weight is 294 g/mol. The van der Waals surface area contributed by atoms with Crippen LogP contribution in [0.4, 0.5) is 10.1 Å². The molecule has 0 aliphatic carbocycles. The molecule has 0 spiro atoms. The van der Waals surface area contributed by atoms with Crippen molar-refractivity contribution < 1.29 is 18.7 Å². The van der Waals surface area contributed by atoms with Gasteiger partial charge in [-0.3, -0.25) is 4.79 Å². The minimum Gasteiger partial charge on any atom is -0.454 e. The number of amides is 1. The Hall–Kier alpha value is -2.27. The lowest BCUT2D eigenvalue weighted by Gasteiger charge is -2.07. The Morgan fingerprint density at radius 2 is 2.10 bits per heavy atom. The second-order valence-corrected chi connectivity index (χ2v) is 4.56. The number of carbonyl (C=O) groups excluding carboxylic acids is 1. The quantitative estimate of drug-likeness (QED) is 0.922. The van der Waals surface area contributed by atoms with Crippen molar-refractivity contribution in [3.05, 3.63) is 52.8 Å². The first-order valence-corrected chi connectivity index (χ1v) is 6.17. The van der Waals surface area contributed by atoms with Gasteiger partial charge >= 0.3 is 0 Å². The van der Waals surface area contributed by atoms with Crippen molar-refractivity contribution in [2.75, 3.05) is 12.1 Å². The standard InChI is InChI=1S/C14H9ClFNO3/c15-11-4-8(5-12-13(11)20-7-19-12)14(18)17-10-3-1-2-9(16)6-10/h1-6H,7H2,(H,17,18). The molecule has 0 unspecified atom stereocenters. The molecule has 1 heterocycles. The second-order valence-electron chi connectivity index (χ2n) is 4.16. The highest BCUT2D eigenvalue weighted by molar-refractivity contribution is 6.32. The van der Waals surface area contributed by atoms with Gasteiger partial charge in [0.1, 0.15) is 5.82 Å². The van der Waals surface area contributed by atoms with Crippen LogP contribution < -0.4 is 14.8 Å². The topological polar surface area (TPSA) is 47.6 Å². The highest BCUT2D eigenvalue weighted by atomic mass is 35.5. The highest BCUT2D eigenvalue weighted by Crippen LogP contribution is 2.39. The predicted molar refractivity (Wildman–Crippen MR) is 71.9 cm³/mol. The minimum absolute atomic E-state index is 0.0734. The maximum Gasteiger partial charge on any atom is 0.255 e. The summed E-state index contributed by atoms with van der Waals surface area (Å²) >= 11 is 6.00. The summed E-state index contributed by atoms with van der Waals surface area (Å²) in [5, 5.41) is 2.88. The van der Waals surface area contributed by atoms with E-state index in [1.807, 2.05) is 0 Å². The number of rotatable bonds is 2. The lowest BCUT2D eigenvalue weighted by Crippen LogP contribution is -2.12. The molecule has 0 atom stereocenters.